The van der Waals surface area contributed by atoms with Crippen LogP contribution in [0.5, 0.6) is 0 Å². The largest absolute Gasteiger partial charge is 0.396 e. The first-order chi connectivity index (χ1) is 34.8. The molecule has 0 aromatic heterocycles. The zero-order valence-corrected chi connectivity index (χ0v) is 43.6. The molecule has 426 valence electrons. The molecule has 22 heteroatoms. The highest BCUT2D eigenvalue weighted by molar-refractivity contribution is 5.28. The first kappa shape index (κ1) is 56.4. The highest BCUT2D eigenvalue weighted by Gasteiger charge is 2.80. The molecule has 10 aliphatic rings. The number of aliphatic hydroxyl groups is 13. The highest BCUT2D eigenvalue weighted by atomic mass is 16.8. The van der Waals surface area contributed by atoms with Gasteiger partial charge in [0.25, 0.3) is 0 Å². The van der Waals surface area contributed by atoms with E-state index in [0.29, 0.717) is 19.4 Å². The fourth-order valence-electron chi connectivity index (χ4n) is 17.5. The minimum Gasteiger partial charge on any atom is -0.396 e. The Hall–Kier alpha value is -0.880. The van der Waals surface area contributed by atoms with Crippen LogP contribution in [-0.2, 0) is 42.6 Å². The molecule has 2 bridgehead atoms. The normalized spacial score (nSPS) is 58.2. The van der Waals surface area contributed by atoms with E-state index in [1.54, 1.807) is 0 Å². The molecule has 5 saturated carbocycles. The summed E-state index contributed by atoms with van der Waals surface area (Å²) in [4.78, 5) is 0. The van der Waals surface area contributed by atoms with E-state index in [1.807, 2.05) is 6.92 Å². The van der Waals surface area contributed by atoms with Crippen molar-refractivity contribution >= 4 is 0 Å². The van der Waals surface area contributed by atoms with E-state index >= 15 is 0 Å². The summed E-state index contributed by atoms with van der Waals surface area (Å²) in [7, 11) is 0. The number of ether oxygens (including phenoxy) is 9. The Bertz CT molecular complexity index is 1990. The second-order valence-corrected chi connectivity index (χ2v) is 26.0. The standard InChI is InChI=1S/C52H86O22/c1-46(2)13-14-51-22-68-52(29(51)15-46)12-8-28-47(3)10-9-31(48(4,21-55)27(47)7-11-49(28,5)50(52,6)16-30(51)58)71-45-41(33(60)24(57)20-67-45)74-44-38(65)40(73-43-37(64)35(62)34(61)25(17-53)69-43)39(26(18-54)70-44)72-42-36(63)32(59)23(56)19-66-42/h23-45,53-65H,7-22H2,1-6H3/t23-,24+,25+,26+,27?,28?,29?,30+,31?,32+,33+,34+,35-,36+,37+,38+,39+,40+,41+,42-,43-,44-,45-,47?,48-,49?,50-,51?,52?/m0/s1. The highest BCUT2D eigenvalue weighted by Crippen LogP contribution is 2.80. The maximum absolute atomic E-state index is 12.3. The molecular formula is C52H86O22. The summed E-state index contributed by atoms with van der Waals surface area (Å²) in [6, 6.07) is 0. The van der Waals surface area contributed by atoms with Crippen molar-refractivity contribution in [1.82, 2.24) is 0 Å². The van der Waals surface area contributed by atoms with Crippen molar-refractivity contribution in [2.75, 3.05) is 39.6 Å². The molecule has 0 amide bonds. The quantitative estimate of drug-likeness (QED) is 0.0986. The Morgan fingerprint density at radius 1 is 0.500 bits per heavy atom. The minimum atomic E-state index is -2.04. The van der Waals surface area contributed by atoms with Crippen molar-refractivity contribution in [2.24, 2.45) is 50.2 Å². The van der Waals surface area contributed by atoms with Gasteiger partial charge >= 0.3 is 0 Å². The predicted molar refractivity (Wildman–Crippen MR) is 252 cm³/mol. The molecule has 5 aliphatic heterocycles. The molecule has 0 aromatic rings. The molecule has 10 fully saturated rings. The summed E-state index contributed by atoms with van der Waals surface area (Å²) in [6.45, 7) is 11.7. The van der Waals surface area contributed by atoms with Crippen LogP contribution in [0.1, 0.15) is 106 Å². The Morgan fingerprint density at radius 2 is 1.11 bits per heavy atom. The van der Waals surface area contributed by atoms with Gasteiger partial charge in [0.15, 0.2) is 25.2 Å². The molecule has 29 atom stereocenters. The summed E-state index contributed by atoms with van der Waals surface area (Å²) < 4.78 is 55.7. The second kappa shape index (κ2) is 20.0. The average molecular weight is 1060 g/mol. The van der Waals surface area contributed by atoms with Crippen LogP contribution in [0.15, 0.2) is 0 Å². The van der Waals surface area contributed by atoms with Crippen molar-refractivity contribution in [3.8, 4) is 0 Å². The van der Waals surface area contributed by atoms with E-state index in [2.05, 4.69) is 34.6 Å². The molecule has 10 rings (SSSR count). The molecule has 5 saturated heterocycles. The molecule has 74 heavy (non-hydrogen) atoms. The van der Waals surface area contributed by atoms with E-state index in [-0.39, 0.29) is 63.6 Å². The van der Waals surface area contributed by atoms with Crippen molar-refractivity contribution < 1.29 is 109 Å². The summed E-state index contributed by atoms with van der Waals surface area (Å²) in [6.07, 6.45) is -23.8. The predicted octanol–water partition coefficient (Wildman–Crippen LogP) is -2.10. The Morgan fingerprint density at radius 3 is 1.80 bits per heavy atom. The van der Waals surface area contributed by atoms with Gasteiger partial charge in [-0.3, -0.25) is 0 Å². The van der Waals surface area contributed by atoms with Crippen LogP contribution in [0.4, 0.5) is 0 Å². The van der Waals surface area contributed by atoms with Crippen LogP contribution in [0, 0.1) is 50.2 Å². The third-order valence-corrected chi connectivity index (χ3v) is 22.0. The van der Waals surface area contributed by atoms with Gasteiger partial charge in [0, 0.05) is 16.2 Å². The van der Waals surface area contributed by atoms with Crippen LogP contribution in [-0.4, -0.2) is 234 Å². The van der Waals surface area contributed by atoms with E-state index < -0.39 is 148 Å². The maximum atomic E-state index is 12.3. The smallest absolute Gasteiger partial charge is 0.187 e. The van der Waals surface area contributed by atoms with Crippen molar-refractivity contribution in [3.05, 3.63) is 0 Å². The molecule has 5 heterocycles. The van der Waals surface area contributed by atoms with Gasteiger partial charge in [0.1, 0.15) is 85.5 Å². The van der Waals surface area contributed by atoms with Gasteiger partial charge in [-0.2, -0.15) is 0 Å². The van der Waals surface area contributed by atoms with Gasteiger partial charge in [-0.25, -0.2) is 0 Å². The van der Waals surface area contributed by atoms with Crippen LogP contribution in [0.25, 0.3) is 0 Å². The number of hydrogen-bond acceptors (Lipinski definition) is 22. The third-order valence-electron chi connectivity index (χ3n) is 22.0. The van der Waals surface area contributed by atoms with Crippen molar-refractivity contribution in [2.45, 2.75) is 234 Å². The first-order valence-corrected chi connectivity index (χ1v) is 27.2. The summed E-state index contributed by atoms with van der Waals surface area (Å²) in [5.41, 5.74) is -2.03. The van der Waals surface area contributed by atoms with Gasteiger partial charge in [-0.05, 0) is 98.2 Å². The molecule has 13 N–H and O–H groups in total. The van der Waals surface area contributed by atoms with Gasteiger partial charge in [0.05, 0.1) is 57.5 Å². The topological polar surface area (TPSA) is 346 Å². The van der Waals surface area contributed by atoms with Crippen molar-refractivity contribution in [3.63, 3.8) is 0 Å². The zero-order chi connectivity index (χ0) is 53.5. The van der Waals surface area contributed by atoms with Gasteiger partial charge in [-0.15, -0.1) is 0 Å². The van der Waals surface area contributed by atoms with Gasteiger partial charge in [-0.1, -0.05) is 41.5 Å². The Labute approximate surface area is 432 Å². The van der Waals surface area contributed by atoms with Gasteiger partial charge < -0.3 is 109 Å². The number of fused-ring (bicyclic) bond motifs is 4. The SMILES string of the molecule is CC1(C)CCC23COC4(CCC5C6(C)CCC(O[C@@H]7OC[C@@H](O)[C@@H](O)[C@H]7O[C@@H]7O[C@H](CO)[C@@H](O[C@@H]8OC[C@H](O)[C@@H](O)[C@H]8O)[C@H](O[C@@H]8O[C@H](CO)[C@@H](O)[C@H](O)[C@H]8O)[C@H]7O)[C@@](C)(CO)C6CCC5(C)[C@]4(C)C[C@H]2O)C3C1. The summed E-state index contributed by atoms with van der Waals surface area (Å²) in [5, 5.41) is 143. The Balaban J connectivity index is 0.898. The monoisotopic (exact) mass is 1060 g/mol. The second-order valence-electron chi connectivity index (χ2n) is 26.0. The average Bonchev–Trinajstić information content (AvgIpc) is 3.65. The maximum Gasteiger partial charge on any atom is 0.187 e. The van der Waals surface area contributed by atoms with Crippen LogP contribution < -0.4 is 0 Å². The minimum absolute atomic E-state index is 0.0410. The molecule has 0 aromatic carbocycles. The number of rotatable bonds is 11. The zero-order valence-electron chi connectivity index (χ0n) is 43.6. The summed E-state index contributed by atoms with van der Waals surface area (Å²) >= 11 is 0. The lowest BCUT2D eigenvalue weighted by atomic mass is 9.30. The van der Waals surface area contributed by atoms with Gasteiger partial charge in [0.2, 0.25) is 0 Å². The van der Waals surface area contributed by atoms with Crippen LogP contribution in [0.3, 0.4) is 0 Å². The summed E-state index contributed by atoms with van der Waals surface area (Å²) in [5.74, 6) is 0.458. The van der Waals surface area contributed by atoms with Crippen molar-refractivity contribution in [1.29, 1.82) is 0 Å². The molecular weight excluding hydrogens is 977 g/mol. The van der Waals surface area contributed by atoms with E-state index in [1.165, 1.54) is 0 Å². The van der Waals surface area contributed by atoms with Crippen LogP contribution >= 0.6 is 0 Å². The molecule has 8 unspecified atom stereocenters. The molecule has 1 spiro atoms. The lowest BCUT2D eigenvalue weighted by Crippen LogP contribution is -2.74. The number of aliphatic hydroxyl groups excluding tert-OH is 13. The lowest BCUT2D eigenvalue weighted by Gasteiger charge is -2.75. The molecule has 22 nitrogen and oxygen atoms in total. The first-order valence-electron chi connectivity index (χ1n) is 27.2. The van der Waals surface area contributed by atoms with E-state index in [9.17, 15) is 66.4 Å². The Kier molecular flexibility index (Phi) is 15.2. The van der Waals surface area contributed by atoms with E-state index in [0.717, 1.165) is 51.4 Å². The lowest BCUT2D eigenvalue weighted by molar-refractivity contribution is -0.400. The van der Waals surface area contributed by atoms with Crippen LogP contribution in [0.2, 0.25) is 0 Å². The fraction of sp³-hybridized carbons (Fsp3) is 1.00. The van der Waals surface area contributed by atoms with E-state index in [4.69, 9.17) is 42.6 Å². The fourth-order valence-corrected chi connectivity index (χ4v) is 17.5. The molecule has 0 radical (unpaired) electrons. The number of hydrogen-bond donors (Lipinski definition) is 13. The third kappa shape index (κ3) is 8.39. The molecule has 5 aliphatic carbocycles.